The van der Waals surface area contributed by atoms with E-state index in [1.54, 1.807) is 0 Å². The predicted molar refractivity (Wildman–Crippen MR) is 55.0 cm³/mol. The number of hydrogen-bond acceptors (Lipinski definition) is 1. The maximum absolute atomic E-state index is 3.96. The Morgan fingerprint density at radius 1 is 1.45 bits per heavy atom. The van der Waals surface area contributed by atoms with Gasteiger partial charge in [-0.3, -0.25) is 0 Å². The summed E-state index contributed by atoms with van der Waals surface area (Å²) in [5.41, 5.74) is 2.43. The van der Waals surface area contributed by atoms with Gasteiger partial charge in [0, 0.05) is 23.0 Å². The Morgan fingerprint density at radius 2 is 2.09 bits per heavy atom. The highest BCUT2D eigenvalue weighted by Crippen LogP contribution is 2.19. The standard InChI is InChI=1S/C9H13NSi/c1-7(11)8-5-3-4-6-9(8)10-2/h3-6,10H,1H2,2,11H3. The van der Waals surface area contributed by atoms with Gasteiger partial charge in [-0.2, -0.15) is 0 Å². The molecule has 1 rings (SSSR count). The maximum Gasteiger partial charge on any atom is 0.0409 e. The molecule has 1 N–H and O–H groups in total. The molecule has 11 heavy (non-hydrogen) atoms. The smallest absolute Gasteiger partial charge is 0.0409 e. The van der Waals surface area contributed by atoms with Crippen molar-refractivity contribution in [3.8, 4) is 0 Å². The molecule has 0 fully saturated rings. The molecule has 0 aliphatic carbocycles. The van der Waals surface area contributed by atoms with Crippen LogP contribution in [0.15, 0.2) is 30.8 Å². The Hall–Kier alpha value is -1.02. The van der Waals surface area contributed by atoms with E-state index in [1.165, 1.54) is 16.4 Å². The third-order valence-electron chi connectivity index (χ3n) is 1.66. The highest BCUT2D eigenvalue weighted by Gasteiger charge is 1.97. The molecule has 0 aliphatic rings. The number of anilines is 1. The lowest BCUT2D eigenvalue weighted by Gasteiger charge is -2.07. The maximum atomic E-state index is 3.96. The summed E-state index contributed by atoms with van der Waals surface area (Å²) >= 11 is 0. The lowest BCUT2D eigenvalue weighted by molar-refractivity contribution is 1.49. The van der Waals surface area contributed by atoms with Crippen molar-refractivity contribution in [1.82, 2.24) is 0 Å². The van der Waals surface area contributed by atoms with Crippen LogP contribution in [0.3, 0.4) is 0 Å². The molecule has 0 aliphatic heterocycles. The Balaban J connectivity index is 3.12. The Kier molecular flexibility index (Phi) is 2.49. The average Bonchev–Trinajstić information content (AvgIpc) is 2.04. The number of benzene rings is 1. The van der Waals surface area contributed by atoms with Gasteiger partial charge in [-0.15, -0.1) is 6.58 Å². The van der Waals surface area contributed by atoms with Crippen molar-refractivity contribution in [2.45, 2.75) is 0 Å². The zero-order valence-electron chi connectivity index (χ0n) is 7.02. The van der Waals surface area contributed by atoms with Crippen LogP contribution in [0.5, 0.6) is 0 Å². The third-order valence-corrected chi connectivity index (χ3v) is 2.19. The molecule has 1 nitrogen and oxygen atoms in total. The summed E-state index contributed by atoms with van der Waals surface area (Å²) in [7, 11) is 2.96. The van der Waals surface area contributed by atoms with Crippen LogP contribution in [0, 0.1) is 0 Å². The fraction of sp³-hybridized carbons (Fsp3) is 0.111. The first kappa shape index (κ1) is 8.08. The summed E-state index contributed by atoms with van der Waals surface area (Å²) in [6.07, 6.45) is 0. The van der Waals surface area contributed by atoms with Gasteiger partial charge in [0.2, 0.25) is 0 Å². The third kappa shape index (κ3) is 1.71. The largest absolute Gasteiger partial charge is 0.388 e. The molecule has 0 atom stereocenters. The lowest BCUT2D eigenvalue weighted by Crippen LogP contribution is -1.93. The molecule has 2 heteroatoms. The molecule has 0 aromatic heterocycles. The predicted octanol–water partition coefficient (Wildman–Crippen LogP) is 1.06. The van der Waals surface area contributed by atoms with Gasteiger partial charge in [-0.05, 0) is 11.6 Å². The summed E-state index contributed by atoms with van der Waals surface area (Å²) in [6.45, 7) is 3.96. The summed E-state index contributed by atoms with van der Waals surface area (Å²) < 4.78 is 0. The van der Waals surface area contributed by atoms with Crippen molar-refractivity contribution in [2.24, 2.45) is 0 Å². The highest BCUT2D eigenvalue weighted by atomic mass is 28.1. The Morgan fingerprint density at radius 3 is 2.55 bits per heavy atom. The van der Waals surface area contributed by atoms with E-state index < -0.39 is 0 Å². The van der Waals surface area contributed by atoms with Gasteiger partial charge in [-0.25, -0.2) is 0 Å². The minimum Gasteiger partial charge on any atom is -0.388 e. The second-order valence-electron chi connectivity index (χ2n) is 2.58. The van der Waals surface area contributed by atoms with Gasteiger partial charge in [-0.1, -0.05) is 23.4 Å². The molecular weight excluding hydrogens is 150 g/mol. The molecule has 0 unspecified atom stereocenters. The van der Waals surface area contributed by atoms with Crippen molar-refractivity contribution in [3.63, 3.8) is 0 Å². The van der Waals surface area contributed by atoms with Crippen LogP contribution < -0.4 is 5.32 Å². The normalized spacial score (nSPS) is 9.55. The van der Waals surface area contributed by atoms with E-state index in [4.69, 9.17) is 0 Å². The van der Waals surface area contributed by atoms with Gasteiger partial charge < -0.3 is 5.32 Å². The summed E-state index contributed by atoms with van der Waals surface area (Å²) in [4.78, 5) is 0. The van der Waals surface area contributed by atoms with Crippen LogP contribution in [0.2, 0.25) is 0 Å². The highest BCUT2D eigenvalue weighted by molar-refractivity contribution is 6.42. The minimum atomic E-state index is 1.03. The average molecular weight is 163 g/mol. The zero-order valence-corrected chi connectivity index (χ0v) is 9.02. The monoisotopic (exact) mass is 163 g/mol. The molecule has 0 heterocycles. The number of rotatable bonds is 2. The second kappa shape index (κ2) is 3.39. The fourth-order valence-corrected chi connectivity index (χ4v) is 1.51. The zero-order chi connectivity index (χ0) is 8.27. The molecule has 1 aromatic carbocycles. The van der Waals surface area contributed by atoms with Crippen LogP contribution >= 0.6 is 0 Å². The van der Waals surface area contributed by atoms with E-state index in [2.05, 4.69) is 24.0 Å². The summed E-state index contributed by atoms with van der Waals surface area (Å²) in [5.74, 6) is 0. The van der Waals surface area contributed by atoms with Crippen LogP contribution in [0.4, 0.5) is 5.69 Å². The van der Waals surface area contributed by atoms with E-state index >= 15 is 0 Å². The number of hydrogen-bond donors (Lipinski definition) is 1. The van der Waals surface area contributed by atoms with Crippen molar-refractivity contribution in [3.05, 3.63) is 36.4 Å². The first-order valence-electron chi connectivity index (χ1n) is 3.68. The molecule has 0 saturated carbocycles. The van der Waals surface area contributed by atoms with E-state index in [0.717, 1.165) is 10.2 Å². The van der Waals surface area contributed by atoms with E-state index in [-0.39, 0.29) is 0 Å². The van der Waals surface area contributed by atoms with Crippen molar-refractivity contribution in [2.75, 3.05) is 12.4 Å². The minimum absolute atomic E-state index is 1.03. The first-order chi connectivity index (χ1) is 5.25. The van der Waals surface area contributed by atoms with Crippen LogP contribution in [0.1, 0.15) is 5.56 Å². The Labute approximate surface area is 70.6 Å². The van der Waals surface area contributed by atoms with Gasteiger partial charge in [0.05, 0.1) is 0 Å². The van der Waals surface area contributed by atoms with E-state index in [9.17, 15) is 0 Å². The summed E-state index contributed by atoms with van der Waals surface area (Å²) in [5, 5.41) is 4.37. The number of nitrogens with one attached hydrogen (secondary N) is 1. The summed E-state index contributed by atoms with van der Waals surface area (Å²) in [6, 6.07) is 8.23. The van der Waals surface area contributed by atoms with Crippen molar-refractivity contribution in [1.29, 1.82) is 0 Å². The van der Waals surface area contributed by atoms with Gasteiger partial charge in [0.25, 0.3) is 0 Å². The number of para-hydroxylation sites is 1. The van der Waals surface area contributed by atoms with Gasteiger partial charge in [0.1, 0.15) is 0 Å². The first-order valence-corrected chi connectivity index (χ1v) is 4.68. The van der Waals surface area contributed by atoms with Crippen molar-refractivity contribution < 1.29 is 0 Å². The second-order valence-corrected chi connectivity index (χ2v) is 3.78. The molecule has 58 valence electrons. The lowest BCUT2D eigenvalue weighted by atomic mass is 10.2. The topological polar surface area (TPSA) is 12.0 Å². The molecular formula is C9H13NSi. The molecule has 0 bridgehead atoms. The quantitative estimate of drug-likeness (QED) is 0.643. The van der Waals surface area contributed by atoms with Gasteiger partial charge in [0.15, 0.2) is 0 Å². The van der Waals surface area contributed by atoms with Crippen LogP contribution in [0.25, 0.3) is 5.20 Å². The van der Waals surface area contributed by atoms with E-state index in [0.29, 0.717) is 0 Å². The fourth-order valence-electron chi connectivity index (χ4n) is 1.07. The molecule has 1 aromatic rings. The SMILES string of the molecule is C=C([SiH3])c1ccccc1NC. The van der Waals surface area contributed by atoms with Crippen LogP contribution in [-0.4, -0.2) is 17.3 Å². The molecule has 0 amide bonds. The van der Waals surface area contributed by atoms with Gasteiger partial charge >= 0.3 is 0 Å². The molecule has 0 radical (unpaired) electrons. The van der Waals surface area contributed by atoms with Crippen molar-refractivity contribution >= 4 is 21.1 Å². The molecule has 0 spiro atoms. The van der Waals surface area contributed by atoms with Crippen LogP contribution in [-0.2, 0) is 0 Å². The van der Waals surface area contributed by atoms with E-state index in [1.807, 2.05) is 19.2 Å². The molecule has 0 saturated heterocycles. The Bertz CT molecular complexity index is 268.